The fourth-order valence-corrected chi connectivity index (χ4v) is 2.00. The van der Waals surface area contributed by atoms with Crippen LogP contribution in [-0.4, -0.2) is 17.0 Å². The Kier molecular flexibility index (Phi) is 4.23. The summed E-state index contributed by atoms with van der Waals surface area (Å²) in [6.45, 7) is 1.88. The number of carboxylic acids is 1. The fraction of sp³-hybridized carbons (Fsp3) is 0.125. The molecule has 5 heteroatoms. The zero-order valence-corrected chi connectivity index (χ0v) is 11.6. The number of hydrogen-bond acceptors (Lipinski definition) is 3. The maximum absolute atomic E-state index is 12.2. The van der Waals surface area contributed by atoms with Gasteiger partial charge in [-0.3, -0.25) is 9.59 Å². The van der Waals surface area contributed by atoms with Crippen LogP contribution in [0.25, 0.3) is 0 Å². The van der Waals surface area contributed by atoms with E-state index in [2.05, 4.69) is 5.32 Å². The molecular formula is C16H16N2O3. The number of amides is 1. The highest BCUT2D eigenvalue weighted by Gasteiger charge is 2.10. The normalized spacial score (nSPS) is 10.1. The molecule has 0 radical (unpaired) electrons. The van der Waals surface area contributed by atoms with Gasteiger partial charge in [0.15, 0.2) is 0 Å². The van der Waals surface area contributed by atoms with Crippen molar-refractivity contribution in [1.29, 1.82) is 0 Å². The van der Waals surface area contributed by atoms with Crippen LogP contribution >= 0.6 is 0 Å². The van der Waals surface area contributed by atoms with Crippen molar-refractivity contribution < 1.29 is 14.7 Å². The van der Waals surface area contributed by atoms with Crippen LogP contribution in [0, 0.1) is 6.92 Å². The summed E-state index contributed by atoms with van der Waals surface area (Å²) in [6.07, 6.45) is -0.0870. The third kappa shape index (κ3) is 3.82. The second kappa shape index (κ2) is 6.09. The molecule has 4 N–H and O–H groups in total. The Hall–Kier alpha value is -2.82. The van der Waals surface area contributed by atoms with E-state index in [4.69, 9.17) is 10.8 Å². The van der Waals surface area contributed by atoms with Gasteiger partial charge in [0.05, 0.1) is 12.0 Å². The Morgan fingerprint density at radius 3 is 2.67 bits per heavy atom. The van der Waals surface area contributed by atoms with Gasteiger partial charge >= 0.3 is 5.97 Å². The standard InChI is InChI=1S/C16H16N2O3/c1-10-5-6-14(17)13(7-10)16(21)18-12-4-2-3-11(8-12)9-15(19)20/h2-8H,9,17H2,1H3,(H,18,21)(H,19,20). The molecule has 0 spiro atoms. The molecule has 0 unspecified atom stereocenters. The quantitative estimate of drug-likeness (QED) is 0.752. The summed E-state index contributed by atoms with van der Waals surface area (Å²) in [6, 6.07) is 12.0. The summed E-state index contributed by atoms with van der Waals surface area (Å²) < 4.78 is 0. The van der Waals surface area contributed by atoms with Gasteiger partial charge in [-0.1, -0.05) is 23.8 Å². The molecule has 5 nitrogen and oxygen atoms in total. The summed E-state index contributed by atoms with van der Waals surface area (Å²) >= 11 is 0. The number of hydrogen-bond donors (Lipinski definition) is 3. The van der Waals surface area contributed by atoms with Gasteiger partial charge in [-0.05, 0) is 36.8 Å². The van der Waals surface area contributed by atoms with Crippen LogP contribution in [0.4, 0.5) is 11.4 Å². The second-order valence-corrected chi connectivity index (χ2v) is 4.82. The van der Waals surface area contributed by atoms with Crippen molar-refractivity contribution in [2.45, 2.75) is 13.3 Å². The van der Waals surface area contributed by atoms with E-state index in [1.807, 2.05) is 13.0 Å². The molecule has 0 aliphatic heterocycles. The van der Waals surface area contributed by atoms with Crippen molar-refractivity contribution in [3.8, 4) is 0 Å². The van der Waals surface area contributed by atoms with Crippen molar-refractivity contribution in [2.75, 3.05) is 11.1 Å². The predicted molar refractivity (Wildman–Crippen MR) is 81.3 cm³/mol. The van der Waals surface area contributed by atoms with Crippen molar-refractivity contribution in [3.05, 3.63) is 59.2 Å². The third-order valence-corrected chi connectivity index (χ3v) is 2.99. The van der Waals surface area contributed by atoms with E-state index in [0.717, 1.165) is 5.56 Å². The van der Waals surface area contributed by atoms with E-state index in [1.165, 1.54) is 0 Å². The van der Waals surface area contributed by atoms with Crippen molar-refractivity contribution in [1.82, 2.24) is 0 Å². The zero-order valence-electron chi connectivity index (χ0n) is 11.6. The van der Waals surface area contributed by atoms with Crippen LogP contribution in [0.1, 0.15) is 21.5 Å². The molecule has 0 aliphatic rings. The number of nitrogen functional groups attached to an aromatic ring is 1. The highest BCUT2D eigenvalue weighted by Crippen LogP contribution is 2.17. The van der Waals surface area contributed by atoms with Gasteiger partial charge in [0.1, 0.15) is 0 Å². The zero-order chi connectivity index (χ0) is 15.4. The van der Waals surface area contributed by atoms with Gasteiger partial charge in [-0.2, -0.15) is 0 Å². The summed E-state index contributed by atoms with van der Waals surface area (Å²) in [5, 5.41) is 11.5. The Morgan fingerprint density at radius 1 is 1.19 bits per heavy atom. The van der Waals surface area contributed by atoms with E-state index in [1.54, 1.807) is 36.4 Å². The highest BCUT2D eigenvalue weighted by atomic mass is 16.4. The van der Waals surface area contributed by atoms with E-state index in [9.17, 15) is 9.59 Å². The lowest BCUT2D eigenvalue weighted by Gasteiger charge is -2.09. The van der Waals surface area contributed by atoms with Gasteiger partial charge < -0.3 is 16.2 Å². The number of benzene rings is 2. The van der Waals surface area contributed by atoms with Crippen LogP contribution in [0.15, 0.2) is 42.5 Å². The molecular weight excluding hydrogens is 268 g/mol. The Balaban J connectivity index is 2.19. The molecule has 0 saturated heterocycles. The topological polar surface area (TPSA) is 92.4 Å². The molecule has 0 atom stereocenters. The molecule has 0 fully saturated rings. The maximum atomic E-state index is 12.2. The Labute approximate surface area is 122 Å². The van der Waals surface area contributed by atoms with Crippen molar-refractivity contribution in [2.24, 2.45) is 0 Å². The molecule has 0 heterocycles. The predicted octanol–water partition coefficient (Wildman–Crippen LogP) is 2.46. The lowest BCUT2D eigenvalue weighted by Crippen LogP contribution is -2.14. The van der Waals surface area contributed by atoms with Crippen LogP contribution in [0.5, 0.6) is 0 Å². The van der Waals surface area contributed by atoms with E-state index < -0.39 is 5.97 Å². The van der Waals surface area contributed by atoms with Crippen molar-refractivity contribution >= 4 is 23.3 Å². The number of aryl methyl sites for hydroxylation is 1. The number of carboxylic acid groups (broad SMARTS) is 1. The molecule has 108 valence electrons. The average Bonchev–Trinajstić information content (AvgIpc) is 2.41. The monoisotopic (exact) mass is 284 g/mol. The first kappa shape index (κ1) is 14.6. The van der Waals surface area contributed by atoms with Gasteiger partial charge in [0.25, 0.3) is 5.91 Å². The number of aliphatic carboxylic acids is 1. The number of nitrogens with two attached hydrogens (primary N) is 1. The van der Waals surface area contributed by atoms with E-state index in [0.29, 0.717) is 22.5 Å². The van der Waals surface area contributed by atoms with Crippen LogP contribution in [0.2, 0.25) is 0 Å². The molecule has 0 bridgehead atoms. The molecule has 0 saturated carbocycles. The SMILES string of the molecule is Cc1ccc(N)c(C(=O)Nc2cccc(CC(=O)O)c2)c1. The minimum Gasteiger partial charge on any atom is -0.481 e. The number of carbonyl (C=O) groups excluding carboxylic acids is 1. The lowest BCUT2D eigenvalue weighted by atomic mass is 10.1. The largest absolute Gasteiger partial charge is 0.481 e. The smallest absolute Gasteiger partial charge is 0.307 e. The molecule has 0 aliphatic carbocycles. The van der Waals surface area contributed by atoms with Gasteiger partial charge in [-0.25, -0.2) is 0 Å². The van der Waals surface area contributed by atoms with Gasteiger partial charge in [-0.15, -0.1) is 0 Å². The maximum Gasteiger partial charge on any atom is 0.307 e. The lowest BCUT2D eigenvalue weighted by molar-refractivity contribution is -0.136. The third-order valence-electron chi connectivity index (χ3n) is 2.99. The summed E-state index contributed by atoms with van der Waals surface area (Å²) in [5.74, 6) is -1.23. The highest BCUT2D eigenvalue weighted by molar-refractivity contribution is 6.07. The summed E-state index contributed by atoms with van der Waals surface area (Å²) in [5.41, 5.74) is 8.71. The van der Waals surface area contributed by atoms with Crippen molar-refractivity contribution in [3.63, 3.8) is 0 Å². The van der Waals surface area contributed by atoms with E-state index >= 15 is 0 Å². The molecule has 21 heavy (non-hydrogen) atoms. The number of rotatable bonds is 4. The first-order valence-electron chi connectivity index (χ1n) is 6.44. The Morgan fingerprint density at radius 2 is 1.95 bits per heavy atom. The summed E-state index contributed by atoms with van der Waals surface area (Å²) in [7, 11) is 0. The van der Waals surface area contributed by atoms with Gasteiger partial charge in [0, 0.05) is 11.4 Å². The van der Waals surface area contributed by atoms with Crippen LogP contribution in [0.3, 0.4) is 0 Å². The second-order valence-electron chi connectivity index (χ2n) is 4.82. The molecule has 1 amide bonds. The molecule has 2 aromatic carbocycles. The first-order chi connectivity index (χ1) is 9.95. The minimum absolute atomic E-state index is 0.0870. The first-order valence-corrected chi connectivity index (χ1v) is 6.44. The number of carbonyl (C=O) groups is 2. The number of nitrogens with one attached hydrogen (secondary N) is 1. The van der Waals surface area contributed by atoms with Gasteiger partial charge in [0.2, 0.25) is 0 Å². The minimum atomic E-state index is -0.915. The Bertz CT molecular complexity index is 696. The molecule has 0 aromatic heterocycles. The van der Waals surface area contributed by atoms with E-state index in [-0.39, 0.29) is 12.3 Å². The van der Waals surface area contributed by atoms with Crippen LogP contribution in [-0.2, 0) is 11.2 Å². The number of anilines is 2. The molecule has 2 rings (SSSR count). The fourth-order valence-electron chi connectivity index (χ4n) is 2.00. The molecule has 2 aromatic rings. The van der Waals surface area contributed by atoms with Crippen LogP contribution < -0.4 is 11.1 Å². The average molecular weight is 284 g/mol. The summed E-state index contributed by atoms with van der Waals surface area (Å²) in [4.78, 5) is 22.9.